The van der Waals surface area contributed by atoms with Gasteiger partial charge in [-0.2, -0.15) is 0 Å². The molecule has 0 aromatic heterocycles. The molecule has 16 heavy (non-hydrogen) atoms. The second-order valence-electron chi connectivity index (χ2n) is 4.14. The molecule has 90 valence electrons. The smallest absolute Gasteiger partial charge is 0.122 e. The fourth-order valence-corrected chi connectivity index (χ4v) is 1.75. The van der Waals surface area contributed by atoms with Crippen LogP contribution in [-0.2, 0) is 6.42 Å². The minimum atomic E-state index is 0.157. The van der Waals surface area contributed by atoms with E-state index in [2.05, 4.69) is 13.0 Å². The molecule has 0 aliphatic rings. The van der Waals surface area contributed by atoms with E-state index in [9.17, 15) is 0 Å². The van der Waals surface area contributed by atoms with E-state index in [0.29, 0.717) is 6.54 Å². The van der Waals surface area contributed by atoms with E-state index >= 15 is 0 Å². The number of benzene rings is 1. The fourth-order valence-electron chi connectivity index (χ4n) is 1.75. The number of aliphatic hydroxyl groups excluding tert-OH is 1. The molecule has 0 saturated carbocycles. The van der Waals surface area contributed by atoms with Gasteiger partial charge in [-0.15, -0.1) is 0 Å². The van der Waals surface area contributed by atoms with Gasteiger partial charge >= 0.3 is 0 Å². The lowest BCUT2D eigenvalue weighted by molar-refractivity contribution is 0.223. The van der Waals surface area contributed by atoms with Crippen molar-refractivity contribution in [2.75, 3.05) is 20.3 Å². The molecule has 1 aromatic rings. The Morgan fingerprint density at radius 3 is 2.75 bits per heavy atom. The molecule has 0 aliphatic carbocycles. The van der Waals surface area contributed by atoms with E-state index in [4.69, 9.17) is 15.6 Å². The van der Waals surface area contributed by atoms with Crippen molar-refractivity contribution in [1.82, 2.24) is 0 Å². The van der Waals surface area contributed by atoms with Crippen molar-refractivity contribution in [3.63, 3.8) is 0 Å². The Balaban J connectivity index is 2.68. The molecule has 1 unspecified atom stereocenters. The molecule has 1 atom stereocenters. The SMILES string of the molecule is COc1ccc(C)cc1CCC(CN)CO. The standard InChI is InChI=1S/C13H21NO2/c1-10-3-6-13(16-2)12(7-10)5-4-11(8-14)9-15/h3,6-7,11,15H,4-5,8-9,14H2,1-2H3. The van der Waals surface area contributed by atoms with Crippen molar-refractivity contribution in [2.45, 2.75) is 19.8 Å². The average molecular weight is 223 g/mol. The maximum Gasteiger partial charge on any atom is 0.122 e. The van der Waals surface area contributed by atoms with E-state index < -0.39 is 0 Å². The molecular formula is C13H21NO2. The zero-order chi connectivity index (χ0) is 12.0. The first-order chi connectivity index (χ1) is 7.71. The first-order valence-electron chi connectivity index (χ1n) is 5.65. The van der Waals surface area contributed by atoms with Crippen LogP contribution in [0, 0.1) is 12.8 Å². The van der Waals surface area contributed by atoms with Gasteiger partial charge in [0.15, 0.2) is 0 Å². The normalized spacial score (nSPS) is 12.5. The monoisotopic (exact) mass is 223 g/mol. The van der Waals surface area contributed by atoms with Gasteiger partial charge in [0.25, 0.3) is 0 Å². The Morgan fingerprint density at radius 2 is 2.19 bits per heavy atom. The van der Waals surface area contributed by atoms with Gasteiger partial charge in [0, 0.05) is 6.61 Å². The first-order valence-corrected chi connectivity index (χ1v) is 5.65. The number of ether oxygens (including phenoxy) is 1. The number of rotatable bonds is 6. The molecule has 3 heteroatoms. The second kappa shape index (κ2) is 6.51. The van der Waals surface area contributed by atoms with Crippen LogP contribution in [0.3, 0.4) is 0 Å². The molecule has 3 N–H and O–H groups in total. The summed E-state index contributed by atoms with van der Waals surface area (Å²) in [4.78, 5) is 0. The number of hydrogen-bond acceptors (Lipinski definition) is 3. The molecule has 0 bridgehead atoms. The van der Waals surface area contributed by atoms with Gasteiger partial charge in [-0.05, 0) is 43.9 Å². The summed E-state index contributed by atoms with van der Waals surface area (Å²) in [6, 6.07) is 6.15. The summed E-state index contributed by atoms with van der Waals surface area (Å²) in [5, 5.41) is 9.07. The van der Waals surface area contributed by atoms with E-state index in [1.165, 1.54) is 11.1 Å². The number of hydrogen-bond donors (Lipinski definition) is 2. The van der Waals surface area contributed by atoms with E-state index in [-0.39, 0.29) is 12.5 Å². The van der Waals surface area contributed by atoms with Crippen LogP contribution < -0.4 is 10.5 Å². The minimum absolute atomic E-state index is 0.157. The molecular weight excluding hydrogens is 202 g/mol. The first kappa shape index (κ1) is 13.0. The quantitative estimate of drug-likeness (QED) is 0.768. The molecule has 0 aliphatic heterocycles. The Bertz CT molecular complexity index is 322. The lowest BCUT2D eigenvalue weighted by Crippen LogP contribution is -2.18. The van der Waals surface area contributed by atoms with Gasteiger partial charge < -0.3 is 15.6 Å². The average Bonchev–Trinajstić information content (AvgIpc) is 2.30. The maximum absolute atomic E-state index is 9.07. The van der Waals surface area contributed by atoms with Crippen LogP contribution in [0.1, 0.15) is 17.5 Å². The Labute approximate surface area is 97.2 Å². The molecule has 0 heterocycles. The van der Waals surface area contributed by atoms with Crippen LogP contribution in [0.2, 0.25) is 0 Å². The fraction of sp³-hybridized carbons (Fsp3) is 0.538. The number of nitrogens with two attached hydrogens (primary N) is 1. The predicted molar refractivity (Wildman–Crippen MR) is 65.7 cm³/mol. The van der Waals surface area contributed by atoms with E-state index in [0.717, 1.165) is 18.6 Å². The molecule has 3 nitrogen and oxygen atoms in total. The summed E-state index contributed by atoms with van der Waals surface area (Å²) < 4.78 is 5.31. The van der Waals surface area contributed by atoms with Crippen molar-refractivity contribution in [1.29, 1.82) is 0 Å². The highest BCUT2D eigenvalue weighted by Gasteiger charge is 2.08. The van der Waals surface area contributed by atoms with Crippen molar-refractivity contribution >= 4 is 0 Å². The van der Waals surface area contributed by atoms with Crippen LogP contribution in [0.25, 0.3) is 0 Å². The topological polar surface area (TPSA) is 55.5 Å². The van der Waals surface area contributed by atoms with Gasteiger partial charge in [0.05, 0.1) is 7.11 Å². The molecule has 0 radical (unpaired) electrons. The number of aryl methyl sites for hydroxylation is 2. The molecule has 0 spiro atoms. The van der Waals surface area contributed by atoms with E-state index in [1.807, 2.05) is 12.1 Å². The van der Waals surface area contributed by atoms with E-state index in [1.54, 1.807) is 7.11 Å². The van der Waals surface area contributed by atoms with Crippen LogP contribution in [0.15, 0.2) is 18.2 Å². The second-order valence-corrected chi connectivity index (χ2v) is 4.14. The highest BCUT2D eigenvalue weighted by Crippen LogP contribution is 2.22. The molecule has 0 fully saturated rings. The van der Waals surface area contributed by atoms with Gasteiger partial charge in [-0.25, -0.2) is 0 Å². The minimum Gasteiger partial charge on any atom is -0.496 e. The lowest BCUT2D eigenvalue weighted by Gasteiger charge is -2.13. The summed E-state index contributed by atoms with van der Waals surface area (Å²) in [5.41, 5.74) is 7.97. The van der Waals surface area contributed by atoms with Crippen LogP contribution in [0.4, 0.5) is 0 Å². The van der Waals surface area contributed by atoms with Crippen LogP contribution >= 0.6 is 0 Å². The highest BCUT2D eigenvalue weighted by atomic mass is 16.5. The third kappa shape index (κ3) is 3.51. The van der Waals surface area contributed by atoms with Gasteiger partial charge in [-0.1, -0.05) is 17.7 Å². The third-order valence-corrected chi connectivity index (χ3v) is 2.85. The Kier molecular flexibility index (Phi) is 5.29. The lowest BCUT2D eigenvalue weighted by atomic mass is 9.98. The van der Waals surface area contributed by atoms with Crippen molar-refractivity contribution in [3.05, 3.63) is 29.3 Å². The summed E-state index contributed by atoms with van der Waals surface area (Å²) in [7, 11) is 1.68. The maximum atomic E-state index is 9.07. The van der Waals surface area contributed by atoms with Crippen molar-refractivity contribution in [2.24, 2.45) is 11.7 Å². The molecule has 0 amide bonds. The summed E-state index contributed by atoms with van der Waals surface area (Å²) >= 11 is 0. The molecule has 1 aromatic carbocycles. The summed E-state index contributed by atoms with van der Waals surface area (Å²) in [6.45, 7) is 2.75. The zero-order valence-corrected chi connectivity index (χ0v) is 10.1. The Hall–Kier alpha value is -1.06. The van der Waals surface area contributed by atoms with Crippen LogP contribution in [-0.4, -0.2) is 25.4 Å². The van der Waals surface area contributed by atoms with Gasteiger partial charge in [0.2, 0.25) is 0 Å². The predicted octanol–water partition coefficient (Wildman–Crippen LogP) is 1.50. The van der Waals surface area contributed by atoms with Gasteiger partial charge in [0.1, 0.15) is 5.75 Å². The number of methoxy groups -OCH3 is 1. The third-order valence-electron chi connectivity index (χ3n) is 2.85. The zero-order valence-electron chi connectivity index (χ0n) is 10.1. The largest absolute Gasteiger partial charge is 0.496 e. The Morgan fingerprint density at radius 1 is 1.44 bits per heavy atom. The molecule has 0 saturated heterocycles. The summed E-state index contributed by atoms with van der Waals surface area (Å²) in [5.74, 6) is 1.10. The van der Waals surface area contributed by atoms with Gasteiger partial charge in [-0.3, -0.25) is 0 Å². The van der Waals surface area contributed by atoms with Crippen molar-refractivity contribution < 1.29 is 9.84 Å². The summed E-state index contributed by atoms with van der Waals surface area (Å²) in [6.07, 6.45) is 1.79. The van der Waals surface area contributed by atoms with Crippen LogP contribution in [0.5, 0.6) is 5.75 Å². The van der Waals surface area contributed by atoms with Crippen molar-refractivity contribution in [3.8, 4) is 5.75 Å². The molecule has 1 rings (SSSR count). The number of aliphatic hydroxyl groups is 1. The highest BCUT2D eigenvalue weighted by molar-refractivity contribution is 5.36.